The molecule has 1 amide bonds. The van der Waals surface area contributed by atoms with Crippen molar-refractivity contribution in [3.8, 4) is 11.1 Å². The summed E-state index contributed by atoms with van der Waals surface area (Å²) in [5.41, 5.74) is 2.83. The molecule has 0 bridgehead atoms. The molecule has 4 aromatic rings. The number of ketones is 1. The summed E-state index contributed by atoms with van der Waals surface area (Å²) in [4.78, 5) is 31.3. The molecule has 0 aliphatic heterocycles. The van der Waals surface area contributed by atoms with Gasteiger partial charge in [-0.05, 0) is 23.8 Å². The van der Waals surface area contributed by atoms with Gasteiger partial charge in [0.15, 0.2) is 5.82 Å². The van der Waals surface area contributed by atoms with Crippen molar-refractivity contribution in [2.45, 2.75) is 6.42 Å². The molecule has 7 heteroatoms. The number of carbonyl (C=O) groups excluding carboxylic acids is 2. The molecular formula is C21H18N4O3. The molecule has 0 aliphatic rings. The van der Waals surface area contributed by atoms with Gasteiger partial charge in [0.1, 0.15) is 5.69 Å². The van der Waals surface area contributed by atoms with Gasteiger partial charge in [-0.1, -0.05) is 41.6 Å². The highest BCUT2D eigenvalue weighted by molar-refractivity contribution is 6.43. The largest absolute Gasteiger partial charge is 0.343 e. The van der Waals surface area contributed by atoms with Crippen LogP contribution < -0.4 is 0 Å². The highest BCUT2D eigenvalue weighted by Gasteiger charge is 2.27. The van der Waals surface area contributed by atoms with Crippen LogP contribution in [0.3, 0.4) is 0 Å². The third kappa shape index (κ3) is 3.29. The summed E-state index contributed by atoms with van der Waals surface area (Å²) in [7, 11) is 1.60. The zero-order valence-corrected chi connectivity index (χ0v) is 15.3. The van der Waals surface area contributed by atoms with E-state index in [-0.39, 0.29) is 0 Å². The predicted octanol–water partition coefficient (Wildman–Crippen LogP) is 2.87. The predicted molar refractivity (Wildman–Crippen MR) is 103 cm³/mol. The Bertz CT molecular complexity index is 1120. The summed E-state index contributed by atoms with van der Waals surface area (Å²) >= 11 is 0. The van der Waals surface area contributed by atoms with Gasteiger partial charge in [0, 0.05) is 37.3 Å². The van der Waals surface area contributed by atoms with E-state index in [0.717, 1.165) is 16.6 Å². The van der Waals surface area contributed by atoms with E-state index < -0.39 is 11.7 Å². The van der Waals surface area contributed by atoms with E-state index in [4.69, 9.17) is 4.52 Å². The van der Waals surface area contributed by atoms with Gasteiger partial charge in [0.25, 0.3) is 11.7 Å². The molecule has 3 heterocycles. The van der Waals surface area contributed by atoms with Gasteiger partial charge in [-0.2, -0.15) is 4.98 Å². The molecule has 7 nitrogen and oxygen atoms in total. The van der Waals surface area contributed by atoms with Gasteiger partial charge < -0.3 is 13.8 Å². The average molecular weight is 374 g/mol. The number of aromatic nitrogens is 3. The first kappa shape index (κ1) is 17.7. The number of hydrogen-bond acceptors (Lipinski definition) is 5. The van der Waals surface area contributed by atoms with Crippen LogP contribution in [0.2, 0.25) is 0 Å². The first-order chi connectivity index (χ1) is 13.6. The summed E-state index contributed by atoms with van der Waals surface area (Å²) < 4.78 is 6.45. The summed E-state index contributed by atoms with van der Waals surface area (Å²) in [6.07, 6.45) is 3.44. The second-order valence-electron chi connectivity index (χ2n) is 6.42. The Labute approximate surface area is 161 Å². The van der Waals surface area contributed by atoms with Crippen LogP contribution in [-0.2, 0) is 11.2 Å². The van der Waals surface area contributed by atoms with Crippen LogP contribution in [-0.4, -0.2) is 44.7 Å². The average Bonchev–Trinajstić information content (AvgIpc) is 3.39. The monoisotopic (exact) mass is 374 g/mol. The van der Waals surface area contributed by atoms with Gasteiger partial charge in [0.2, 0.25) is 6.39 Å². The van der Waals surface area contributed by atoms with Crippen LogP contribution in [0, 0.1) is 0 Å². The Balaban J connectivity index is 1.67. The lowest BCUT2D eigenvalue weighted by atomic mass is 10.0. The molecule has 28 heavy (non-hydrogen) atoms. The number of nitrogens with zero attached hydrogens (tertiary/aromatic N) is 4. The number of hydrogen-bond donors (Lipinski definition) is 0. The molecule has 0 unspecified atom stereocenters. The molecule has 0 fully saturated rings. The van der Waals surface area contributed by atoms with E-state index in [1.165, 1.54) is 11.3 Å². The molecule has 0 saturated heterocycles. The fourth-order valence-electron chi connectivity index (χ4n) is 3.14. The van der Waals surface area contributed by atoms with E-state index in [2.05, 4.69) is 10.1 Å². The van der Waals surface area contributed by atoms with Crippen LogP contribution in [0.1, 0.15) is 16.3 Å². The minimum atomic E-state index is -0.579. The first-order valence-electron chi connectivity index (χ1n) is 8.85. The lowest BCUT2D eigenvalue weighted by Gasteiger charge is -2.16. The number of carbonyl (C=O) groups is 2. The number of Topliss-reactive ketones (excluding diaryl/α,β-unsaturated/α-hetero) is 1. The van der Waals surface area contributed by atoms with Gasteiger partial charge in [-0.25, -0.2) is 0 Å². The SMILES string of the molecule is CN(CCc1ncon1)C(=O)C(=O)c1c(-c2ccccc2)cc2ccccn12. The molecular weight excluding hydrogens is 356 g/mol. The van der Waals surface area contributed by atoms with Gasteiger partial charge >= 0.3 is 0 Å². The summed E-state index contributed by atoms with van der Waals surface area (Å²) in [6, 6.07) is 17.2. The summed E-state index contributed by atoms with van der Waals surface area (Å²) in [5, 5.41) is 3.72. The van der Waals surface area contributed by atoms with Crippen LogP contribution in [0.5, 0.6) is 0 Å². The summed E-state index contributed by atoms with van der Waals surface area (Å²) in [5.74, 6) is -0.643. The van der Waals surface area contributed by atoms with Crippen molar-refractivity contribution in [1.29, 1.82) is 0 Å². The lowest BCUT2D eigenvalue weighted by molar-refractivity contribution is -0.125. The highest BCUT2D eigenvalue weighted by Crippen LogP contribution is 2.28. The second kappa shape index (κ2) is 7.48. The zero-order valence-electron chi connectivity index (χ0n) is 15.3. The minimum Gasteiger partial charge on any atom is -0.343 e. The van der Waals surface area contributed by atoms with Gasteiger partial charge in [0.05, 0.1) is 0 Å². The van der Waals surface area contributed by atoms with Gasteiger partial charge in [-0.3, -0.25) is 9.59 Å². The Hall–Kier alpha value is -3.74. The molecule has 0 spiro atoms. The van der Waals surface area contributed by atoms with E-state index in [0.29, 0.717) is 24.5 Å². The van der Waals surface area contributed by atoms with E-state index in [9.17, 15) is 9.59 Å². The number of amides is 1. The van der Waals surface area contributed by atoms with Crippen molar-refractivity contribution in [3.05, 3.63) is 78.7 Å². The fraction of sp³-hybridized carbons (Fsp3) is 0.143. The van der Waals surface area contributed by atoms with E-state index in [1.807, 2.05) is 54.6 Å². The number of benzene rings is 1. The Kier molecular flexibility index (Phi) is 4.72. The Morgan fingerprint density at radius 3 is 2.64 bits per heavy atom. The van der Waals surface area contributed by atoms with Crippen molar-refractivity contribution in [2.75, 3.05) is 13.6 Å². The number of rotatable bonds is 6. The van der Waals surface area contributed by atoms with Crippen LogP contribution in [0.25, 0.3) is 16.6 Å². The molecule has 0 atom stereocenters. The van der Waals surface area contributed by atoms with Crippen LogP contribution in [0.4, 0.5) is 0 Å². The molecule has 0 saturated carbocycles. The maximum atomic E-state index is 13.2. The third-order valence-corrected chi connectivity index (χ3v) is 4.60. The van der Waals surface area contributed by atoms with E-state index >= 15 is 0 Å². The topological polar surface area (TPSA) is 80.7 Å². The highest BCUT2D eigenvalue weighted by atomic mass is 16.5. The lowest BCUT2D eigenvalue weighted by Crippen LogP contribution is -2.35. The van der Waals surface area contributed by atoms with Gasteiger partial charge in [-0.15, -0.1) is 0 Å². The Morgan fingerprint density at radius 1 is 1.11 bits per heavy atom. The molecule has 1 aromatic carbocycles. The maximum Gasteiger partial charge on any atom is 0.296 e. The molecule has 3 aromatic heterocycles. The van der Waals surface area contributed by atoms with Crippen LogP contribution >= 0.6 is 0 Å². The smallest absolute Gasteiger partial charge is 0.296 e. The zero-order chi connectivity index (χ0) is 19.5. The first-order valence-corrected chi connectivity index (χ1v) is 8.85. The molecule has 0 radical (unpaired) electrons. The quantitative estimate of drug-likeness (QED) is 0.383. The maximum absolute atomic E-state index is 13.2. The third-order valence-electron chi connectivity index (χ3n) is 4.60. The normalized spacial score (nSPS) is 10.9. The second-order valence-corrected chi connectivity index (χ2v) is 6.42. The number of pyridine rings is 1. The standard InChI is InChI=1S/C21H18N4O3/c1-24(12-10-18-22-14-28-23-18)21(27)20(26)19-17(15-7-3-2-4-8-15)13-16-9-5-6-11-25(16)19/h2-9,11,13-14H,10,12H2,1H3. The van der Waals surface area contributed by atoms with Crippen molar-refractivity contribution >= 4 is 17.2 Å². The summed E-state index contributed by atoms with van der Waals surface area (Å²) in [6.45, 7) is 0.314. The van der Waals surface area contributed by atoms with Crippen molar-refractivity contribution in [2.24, 2.45) is 0 Å². The number of likely N-dealkylation sites (N-methyl/N-ethyl adjacent to an activating group) is 1. The molecule has 0 aliphatic carbocycles. The Morgan fingerprint density at radius 2 is 1.89 bits per heavy atom. The molecule has 0 N–H and O–H groups in total. The molecule has 140 valence electrons. The number of fused-ring (bicyclic) bond motifs is 1. The van der Waals surface area contributed by atoms with Crippen molar-refractivity contribution < 1.29 is 14.1 Å². The fourth-order valence-corrected chi connectivity index (χ4v) is 3.14. The van der Waals surface area contributed by atoms with Crippen molar-refractivity contribution in [1.82, 2.24) is 19.4 Å². The minimum absolute atomic E-state index is 0.314. The van der Waals surface area contributed by atoms with Crippen LogP contribution in [0.15, 0.2) is 71.7 Å². The van der Waals surface area contributed by atoms with Crippen molar-refractivity contribution in [3.63, 3.8) is 0 Å². The van der Waals surface area contributed by atoms with E-state index in [1.54, 1.807) is 17.6 Å². The molecule has 4 rings (SSSR count).